The van der Waals surface area contributed by atoms with Gasteiger partial charge in [-0.2, -0.15) is 0 Å². The number of benzene rings is 3. The van der Waals surface area contributed by atoms with Gasteiger partial charge < -0.3 is 15.0 Å². The maximum atomic E-state index is 13.7. The summed E-state index contributed by atoms with van der Waals surface area (Å²) in [4.78, 5) is 28.9. The second kappa shape index (κ2) is 14.0. The molecule has 0 aliphatic heterocycles. The minimum absolute atomic E-state index is 0.0725. The fraction of sp³-hybridized carbons (Fsp3) is 0.333. The molecule has 0 aromatic heterocycles. The minimum Gasteiger partial charge on any atom is -0.497 e. The van der Waals surface area contributed by atoms with E-state index in [1.54, 1.807) is 12.0 Å². The van der Waals surface area contributed by atoms with E-state index in [9.17, 15) is 9.59 Å². The molecule has 0 saturated heterocycles. The van der Waals surface area contributed by atoms with Crippen LogP contribution in [0.4, 0.5) is 0 Å². The Balaban J connectivity index is 1.90. The predicted molar refractivity (Wildman–Crippen MR) is 140 cm³/mol. The van der Waals surface area contributed by atoms with Gasteiger partial charge in [-0.05, 0) is 35.2 Å². The molecule has 2 amide bonds. The molecule has 1 atom stereocenters. The van der Waals surface area contributed by atoms with Gasteiger partial charge in [0.2, 0.25) is 11.8 Å². The van der Waals surface area contributed by atoms with Gasteiger partial charge in [0.15, 0.2) is 0 Å². The van der Waals surface area contributed by atoms with Crippen molar-refractivity contribution in [3.63, 3.8) is 0 Å². The molecule has 35 heavy (non-hydrogen) atoms. The van der Waals surface area contributed by atoms with Gasteiger partial charge in [-0.25, -0.2) is 0 Å². The summed E-state index contributed by atoms with van der Waals surface area (Å²) < 4.78 is 5.28. The first-order chi connectivity index (χ1) is 17.1. The molecule has 0 aliphatic rings. The lowest BCUT2D eigenvalue weighted by atomic mass is 10.0. The zero-order valence-corrected chi connectivity index (χ0v) is 20.8. The second-order valence-electron chi connectivity index (χ2n) is 8.74. The van der Waals surface area contributed by atoms with Crippen molar-refractivity contribution in [2.75, 3.05) is 13.7 Å². The van der Waals surface area contributed by atoms with E-state index in [-0.39, 0.29) is 18.2 Å². The molecule has 184 valence electrons. The summed E-state index contributed by atoms with van der Waals surface area (Å²) in [5, 5.41) is 3.09. The average molecular weight is 473 g/mol. The zero-order chi connectivity index (χ0) is 24.9. The molecule has 0 saturated carbocycles. The summed E-state index contributed by atoms with van der Waals surface area (Å²) in [5.41, 5.74) is 2.90. The van der Waals surface area contributed by atoms with Gasteiger partial charge >= 0.3 is 0 Å². The summed E-state index contributed by atoms with van der Waals surface area (Å²) in [6.07, 6.45) is 3.77. The SMILES string of the molecule is CCCCCNC(=O)[C@H](Cc1ccccc1)N(Cc1ccc(OC)cc1)C(=O)Cc1ccccc1. The van der Waals surface area contributed by atoms with Crippen LogP contribution in [0.15, 0.2) is 84.9 Å². The van der Waals surface area contributed by atoms with Crippen LogP contribution in [0.5, 0.6) is 5.75 Å². The molecule has 0 heterocycles. The summed E-state index contributed by atoms with van der Waals surface area (Å²) in [6, 6.07) is 26.6. The largest absolute Gasteiger partial charge is 0.497 e. The first kappa shape index (κ1) is 26.0. The van der Waals surface area contributed by atoms with Crippen LogP contribution in [0, 0.1) is 0 Å². The predicted octanol–water partition coefficient (Wildman–Crippen LogP) is 5.18. The quantitative estimate of drug-likeness (QED) is 0.349. The van der Waals surface area contributed by atoms with E-state index in [4.69, 9.17) is 4.74 Å². The van der Waals surface area contributed by atoms with E-state index < -0.39 is 6.04 Å². The summed E-state index contributed by atoms with van der Waals surface area (Å²) >= 11 is 0. The van der Waals surface area contributed by atoms with Crippen LogP contribution in [0.2, 0.25) is 0 Å². The fourth-order valence-electron chi connectivity index (χ4n) is 4.06. The van der Waals surface area contributed by atoms with E-state index in [0.29, 0.717) is 19.5 Å². The van der Waals surface area contributed by atoms with Crippen molar-refractivity contribution in [1.29, 1.82) is 0 Å². The highest BCUT2D eigenvalue weighted by Crippen LogP contribution is 2.18. The Kier molecular flexibility index (Phi) is 10.4. The highest BCUT2D eigenvalue weighted by Gasteiger charge is 2.30. The maximum Gasteiger partial charge on any atom is 0.243 e. The van der Waals surface area contributed by atoms with Crippen LogP contribution in [0.3, 0.4) is 0 Å². The summed E-state index contributed by atoms with van der Waals surface area (Å²) in [7, 11) is 1.63. The van der Waals surface area contributed by atoms with E-state index >= 15 is 0 Å². The lowest BCUT2D eigenvalue weighted by Crippen LogP contribution is -2.51. The number of nitrogens with zero attached hydrogens (tertiary/aromatic N) is 1. The van der Waals surface area contributed by atoms with Crippen LogP contribution >= 0.6 is 0 Å². The normalized spacial score (nSPS) is 11.5. The smallest absolute Gasteiger partial charge is 0.243 e. The van der Waals surface area contributed by atoms with Crippen molar-refractivity contribution in [2.24, 2.45) is 0 Å². The van der Waals surface area contributed by atoms with Crippen molar-refractivity contribution < 1.29 is 14.3 Å². The molecule has 0 aliphatic carbocycles. The van der Waals surface area contributed by atoms with E-state index in [0.717, 1.165) is 41.7 Å². The third-order valence-corrected chi connectivity index (χ3v) is 6.06. The molecule has 1 N–H and O–H groups in total. The van der Waals surface area contributed by atoms with Crippen molar-refractivity contribution in [3.05, 3.63) is 102 Å². The molecule has 0 unspecified atom stereocenters. The maximum absolute atomic E-state index is 13.7. The lowest BCUT2D eigenvalue weighted by Gasteiger charge is -2.32. The highest BCUT2D eigenvalue weighted by atomic mass is 16.5. The first-order valence-electron chi connectivity index (χ1n) is 12.4. The second-order valence-corrected chi connectivity index (χ2v) is 8.74. The van der Waals surface area contributed by atoms with Crippen LogP contribution in [0.25, 0.3) is 0 Å². The average Bonchev–Trinajstić information content (AvgIpc) is 2.90. The molecule has 0 spiro atoms. The molecule has 3 rings (SSSR count). The highest BCUT2D eigenvalue weighted by molar-refractivity contribution is 5.88. The van der Waals surface area contributed by atoms with Gasteiger partial charge in [0, 0.05) is 19.5 Å². The summed E-state index contributed by atoms with van der Waals surface area (Å²) in [6.45, 7) is 3.09. The minimum atomic E-state index is -0.614. The standard InChI is InChI=1S/C30H36N2O3/c1-3-4-11-20-31-30(34)28(21-24-12-7-5-8-13-24)32(23-26-16-18-27(35-2)19-17-26)29(33)22-25-14-9-6-10-15-25/h5-10,12-19,28H,3-4,11,20-23H2,1-2H3,(H,31,34)/t28-/m0/s1. The molecular formula is C30H36N2O3. The van der Waals surface area contributed by atoms with Gasteiger partial charge in [-0.1, -0.05) is 92.6 Å². The third kappa shape index (κ3) is 8.29. The van der Waals surface area contributed by atoms with Crippen LogP contribution in [0.1, 0.15) is 42.9 Å². The molecule has 0 bridgehead atoms. The number of unbranched alkanes of at least 4 members (excludes halogenated alkanes) is 2. The van der Waals surface area contributed by atoms with Crippen molar-refractivity contribution in [3.8, 4) is 5.75 Å². The zero-order valence-electron chi connectivity index (χ0n) is 20.8. The number of carbonyl (C=O) groups excluding carboxylic acids is 2. The van der Waals surface area contributed by atoms with E-state index in [2.05, 4.69) is 12.2 Å². The van der Waals surface area contributed by atoms with Gasteiger partial charge in [-0.3, -0.25) is 9.59 Å². The Hall–Kier alpha value is -3.60. The van der Waals surface area contributed by atoms with Crippen molar-refractivity contribution in [2.45, 2.75) is 51.6 Å². The van der Waals surface area contributed by atoms with Gasteiger partial charge in [0.1, 0.15) is 11.8 Å². The first-order valence-corrected chi connectivity index (χ1v) is 12.4. The number of nitrogens with one attached hydrogen (secondary N) is 1. The Morgan fingerprint density at radius 3 is 2.06 bits per heavy atom. The van der Waals surface area contributed by atoms with E-state index in [1.807, 2.05) is 84.9 Å². The van der Waals surface area contributed by atoms with Crippen LogP contribution < -0.4 is 10.1 Å². The number of ether oxygens (including phenoxy) is 1. The van der Waals surface area contributed by atoms with Gasteiger partial charge in [0.25, 0.3) is 0 Å². The Labute approximate surface area is 209 Å². The number of methoxy groups -OCH3 is 1. The van der Waals surface area contributed by atoms with Gasteiger partial charge in [-0.15, -0.1) is 0 Å². The Morgan fingerprint density at radius 2 is 1.46 bits per heavy atom. The fourth-order valence-corrected chi connectivity index (χ4v) is 4.06. The monoisotopic (exact) mass is 472 g/mol. The number of hydrogen-bond donors (Lipinski definition) is 1. The van der Waals surface area contributed by atoms with Gasteiger partial charge in [0.05, 0.1) is 13.5 Å². The molecular weight excluding hydrogens is 436 g/mol. The topological polar surface area (TPSA) is 58.6 Å². The molecule has 0 fully saturated rings. The Bertz CT molecular complexity index is 1040. The molecule has 3 aromatic rings. The van der Waals surface area contributed by atoms with Crippen molar-refractivity contribution in [1.82, 2.24) is 10.2 Å². The molecule has 5 nitrogen and oxygen atoms in total. The Morgan fingerprint density at radius 1 is 0.829 bits per heavy atom. The molecule has 3 aromatic carbocycles. The number of amides is 2. The lowest BCUT2D eigenvalue weighted by molar-refractivity contribution is -0.140. The number of rotatable bonds is 13. The van der Waals surface area contributed by atoms with E-state index in [1.165, 1.54) is 0 Å². The van der Waals surface area contributed by atoms with Crippen LogP contribution in [-0.4, -0.2) is 36.4 Å². The molecule has 0 radical (unpaired) electrons. The third-order valence-electron chi connectivity index (χ3n) is 6.06. The van der Waals surface area contributed by atoms with Crippen molar-refractivity contribution >= 4 is 11.8 Å². The van der Waals surface area contributed by atoms with Crippen LogP contribution in [-0.2, 0) is 29.0 Å². The summed E-state index contributed by atoms with van der Waals surface area (Å²) in [5.74, 6) is 0.571. The molecule has 5 heteroatoms. The number of hydrogen-bond acceptors (Lipinski definition) is 3. The number of carbonyl (C=O) groups is 2.